The van der Waals surface area contributed by atoms with Crippen LogP contribution in [0.3, 0.4) is 0 Å². The SMILES string of the molecule is c1cnc2c(CSC3=NCCS3)cccc2c1. The molecule has 1 aromatic carbocycles. The summed E-state index contributed by atoms with van der Waals surface area (Å²) in [6.45, 7) is 0.973. The van der Waals surface area contributed by atoms with Crippen LogP contribution in [0.1, 0.15) is 5.56 Å². The van der Waals surface area contributed by atoms with Gasteiger partial charge in [-0.1, -0.05) is 47.8 Å². The molecule has 1 aromatic heterocycles. The summed E-state index contributed by atoms with van der Waals surface area (Å²) >= 11 is 3.68. The van der Waals surface area contributed by atoms with E-state index in [-0.39, 0.29) is 0 Å². The topological polar surface area (TPSA) is 25.2 Å². The Hall–Kier alpha value is -1.00. The Labute approximate surface area is 109 Å². The Morgan fingerprint density at radius 1 is 1.24 bits per heavy atom. The molecule has 0 radical (unpaired) electrons. The molecule has 17 heavy (non-hydrogen) atoms. The molecule has 0 amide bonds. The summed E-state index contributed by atoms with van der Waals surface area (Å²) in [4.78, 5) is 8.92. The number of pyridine rings is 1. The van der Waals surface area contributed by atoms with Crippen molar-refractivity contribution in [1.82, 2.24) is 4.98 Å². The van der Waals surface area contributed by atoms with Crippen molar-refractivity contribution in [3.8, 4) is 0 Å². The van der Waals surface area contributed by atoms with Crippen LogP contribution in [0.25, 0.3) is 10.9 Å². The van der Waals surface area contributed by atoms with Crippen LogP contribution in [0.15, 0.2) is 41.5 Å². The van der Waals surface area contributed by atoms with E-state index in [2.05, 4.69) is 34.2 Å². The normalized spacial score (nSPS) is 15.2. The standard InChI is InChI=1S/C13H12N2S2/c1-3-10-5-2-6-14-12(10)11(4-1)9-17-13-15-7-8-16-13/h1-6H,7-9H2. The quantitative estimate of drug-likeness (QED) is 0.825. The highest BCUT2D eigenvalue weighted by atomic mass is 32.2. The van der Waals surface area contributed by atoms with Crippen molar-refractivity contribution < 1.29 is 0 Å². The number of fused-ring (bicyclic) bond motifs is 1. The molecule has 0 saturated heterocycles. The lowest BCUT2D eigenvalue weighted by atomic mass is 10.1. The van der Waals surface area contributed by atoms with Crippen molar-refractivity contribution in [2.45, 2.75) is 5.75 Å². The van der Waals surface area contributed by atoms with Crippen LogP contribution in [0.5, 0.6) is 0 Å². The third-order valence-electron chi connectivity index (χ3n) is 2.63. The first kappa shape index (κ1) is 11.1. The van der Waals surface area contributed by atoms with Crippen molar-refractivity contribution in [3.63, 3.8) is 0 Å². The lowest BCUT2D eigenvalue weighted by molar-refractivity contribution is 1.18. The second kappa shape index (κ2) is 5.10. The fourth-order valence-electron chi connectivity index (χ4n) is 1.83. The number of benzene rings is 1. The van der Waals surface area contributed by atoms with Gasteiger partial charge in [0.25, 0.3) is 0 Å². The number of para-hydroxylation sites is 1. The summed E-state index contributed by atoms with van der Waals surface area (Å²) in [7, 11) is 0. The van der Waals surface area contributed by atoms with Gasteiger partial charge in [0.2, 0.25) is 0 Å². The van der Waals surface area contributed by atoms with Crippen LogP contribution in [-0.4, -0.2) is 21.7 Å². The van der Waals surface area contributed by atoms with Gasteiger partial charge in [0.05, 0.1) is 12.1 Å². The molecule has 0 atom stereocenters. The molecule has 0 N–H and O–H groups in total. The predicted molar refractivity (Wildman–Crippen MR) is 77.8 cm³/mol. The molecule has 0 spiro atoms. The van der Waals surface area contributed by atoms with Crippen molar-refractivity contribution in [2.24, 2.45) is 4.99 Å². The Morgan fingerprint density at radius 3 is 3.06 bits per heavy atom. The minimum atomic E-state index is 0.959. The molecule has 1 aliphatic rings. The fraction of sp³-hybridized carbons (Fsp3) is 0.231. The average molecular weight is 260 g/mol. The number of hydrogen-bond acceptors (Lipinski definition) is 4. The zero-order valence-corrected chi connectivity index (χ0v) is 10.9. The first-order valence-corrected chi connectivity index (χ1v) is 7.53. The van der Waals surface area contributed by atoms with Crippen LogP contribution >= 0.6 is 23.5 Å². The minimum absolute atomic E-state index is 0.959. The van der Waals surface area contributed by atoms with Gasteiger partial charge in [-0.15, -0.1) is 0 Å². The summed E-state index contributed by atoms with van der Waals surface area (Å²) < 4.78 is 1.22. The molecule has 3 rings (SSSR count). The van der Waals surface area contributed by atoms with Gasteiger partial charge in [-0.2, -0.15) is 0 Å². The van der Waals surface area contributed by atoms with Crippen molar-refractivity contribution in [2.75, 3.05) is 12.3 Å². The maximum Gasteiger partial charge on any atom is 0.124 e. The van der Waals surface area contributed by atoms with Crippen molar-refractivity contribution in [3.05, 3.63) is 42.1 Å². The molecule has 4 heteroatoms. The average Bonchev–Trinajstić information content (AvgIpc) is 2.89. The van der Waals surface area contributed by atoms with Crippen molar-refractivity contribution >= 4 is 38.8 Å². The van der Waals surface area contributed by atoms with Crippen LogP contribution in [0.2, 0.25) is 0 Å². The highest BCUT2D eigenvalue weighted by Crippen LogP contribution is 2.27. The molecular weight excluding hydrogens is 248 g/mol. The molecule has 2 aromatic rings. The Bertz CT molecular complexity index is 561. The summed E-state index contributed by atoms with van der Waals surface area (Å²) in [5.74, 6) is 2.09. The molecule has 2 heterocycles. The number of aliphatic imine (C=N–C) groups is 1. The van der Waals surface area contributed by atoms with Crippen LogP contribution in [0.4, 0.5) is 0 Å². The van der Waals surface area contributed by atoms with Gasteiger partial charge in [-0.05, 0) is 11.6 Å². The van der Waals surface area contributed by atoms with Gasteiger partial charge in [-0.25, -0.2) is 0 Å². The van der Waals surface area contributed by atoms with E-state index < -0.39 is 0 Å². The molecule has 2 nitrogen and oxygen atoms in total. The van der Waals surface area contributed by atoms with Gasteiger partial charge >= 0.3 is 0 Å². The Kier molecular flexibility index (Phi) is 3.34. The van der Waals surface area contributed by atoms with Crippen molar-refractivity contribution in [1.29, 1.82) is 0 Å². The van der Waals surface area contributed by atoms with Crippen LogP contribution in [-0.2, 0) is 5.75 Å². The van der Waals surface area contributed by atoms with E-state index in [9.17, 15) is 0 Å². The largest absolute Gasteiger partial charge is 0.271 e. The van der Waals surface area contributed by atoms with Gasteiger partial charge in [0.15, 0.2) is 0 Å². The molecular formula is C13H12N2S2. The molecule has 0 bridgehead atoms. The number of rotatable bonds is 2. The Morgan fingerprint density at radius 2 is 2.18 bits per heavy atom. The molecule has 0 aliphatic carbocycles. The van der Waals surface area contributed by atoms with E-state index in [1.54, 1.807) is 0 Å². The van der Waals surface area contributed by atoms with Gasteiger partial charge < -0.3 is 0 Å². The van der Waals surface area contributed by atoms with E-state index in [0.29, 0.717) is 0 Å². The second-order valence-electron chi connectivity index (χ2n) is 3.78. The van der Waals surface area contributed by atoms with Gasteiger partial charge in [-0.3, -0.25) is 9.98 Å². The monoisotopic (exact) mass is 260 g/mol. The third-order valence-corrected chi connectivity index (χ3v) is 4.93. The second-order valence-corrected chi connectivity index (χ2v) is 6.08. The number of thioether (sulfide) groups is 2. The van der Waals surface area contributed by atoms with E-state index >= 15 is 0 Å². The number of aromatic nitrogens is 1. The molecule has 0 saturated carbocycles. The predicted octanol–water partition coefficient (Wildman–Crippen LogP) is 3.57. The smallest absolute Gasteiger partial charge is 0.124 e. The van der Waals surface area contributed by atoms with Gasteiger partial charge in [0.1, 0.15) is 4.38 Å². The number of hydrogen-bond donors (Lipinski definition) is 0. The zero-order valence-electron chi connectivity index (χ0n) is 9.30. The maximum atomic E-state index is 4.47. The lowest BCUT2D eigenvalue weighted by Crippen LogP contribution is -1.89. The first-order valence-electron chi connectivity index (χ1n) is 5.56. The number of nitrogens with zero attached hydrogens (tertiary/aromatic N) is 2. The van der Waals surface area contributed by atoms with E-state index in [1.807, 2.05) is 35.8 Å². The maximum absolute atomic E-state index is 4.47. The third kappa shape index (κ3) is 2.48. The van der Waals surface area contributed by atoms with E-state index in [0.717, 1.165) is 23.6 Å². The minimum Gasteiger partial charge on any atom is -0.271 e. The molecule has 0 fully saturated rings. The summed E-state index contributed by atoms with van der Waals surface area (Å²) in [5, 5.41) is 1.21. The highest BCUT2D eigenvalue weighted by molar-refractivity contribution is 8.38. The van der Waals surface area contributed by atoms with E-state index in [1.165, 1.54) is 15.3 Å². The fourth-order valence-corrected chi connectivity index (χ4v) is 3.82. The summed E-state index contributed by atoms with van der Waals surface area (Å²) in [6.07, 6.45) is 1.86. The molecule has 0 unspecified atom stereocenters. The van der Waals surface area contributed by atoms with E-state index in [4.69, 9.17) is 0 Å². The Balaban J connectivity index is 1.84. The highest BCUT2D eigenvalue weighted by Gasteiger charge is 2.09. The molecule has 86 valence electrons. The summed E-state index contributed by atoms with van der Waals surface area (Å²) in [6, 6.07) is 10.5. The first-order chi connectivity index (χ1) is 8.43. The van der Waals surface area contributed by atoms with Gasteiger partial charge in [0, 0.05) is 23.1 Å². The summed E-state index contributed by atoms with van der Waals surface area (Å²) in [5.41, 5.74) is 2.41. The van der Waals surface area contributed by atoms with Crippen LogP contribution < -0.4 is 0 Å². The molecule has 1 aliphatic heterocycles. The lowest BCUT2D eigenvalue weighted by Gasteiger charge is -2.04. The van der Waals surface area contributed by atoms with Crippen LogP contribution in [0, 0.1) is 0 Å². The zero-order chi connectivity index (χ0) is 11.5.